The molecule has 2 aliphatic rings. The standard InChI is InChI=1S/C22H21ClN2O4S/c1-28-15-8-16(9-15)29-20-10-18(23)14(11-24)6-19(20)25-30-21-7-13(22(26)27)4-5-17(21)12-2-3-12/h4-7,10,12,15-16,25H,2-3,8-9H2,1H3,(H,26,27)/t15-,16-. The van der Waals surface area contributed by atoms with Crippen molar-refractivity contribution in [1.29, 1.82) is 5.26 Å². The van der Waals surface area contributed by atoms with Crippen molar-refractivity contribution in [1.82, 2.24) is 0 Å². The van der Waals surface area contributed by atoms with Crippen LogP contribution in [-0.2, 0) is 4.74 Å². The van der Waals surface area contributed by atoms with Crippen molar-refractivity contribution in [2.45, 2.75) is 48.7 Å². The number of carboxylic acid groups (broad SMARTS) is 1. The van der Waals surface area contributed by atoms with E-state index in [1.54, 1.807) is 31.4 Å². The number of benzene rings is 2. The molecule has 0 aromatic heterocycles. The van der Waals surface area contributed by atoms with E-state index in [1.807, 2.05) is 6.07 Å². The van der Waals surface area contributed by atoms with Crippen LogP contribution in [0.15, 0.2) is 35.2 Å². The Morgan fingerprint density at radius 1 is 1.27 bits per heavy atom. The second-order valence-corrected chi connectivity index (χ2v) is 8.80. The predicted molar refractivity (Wildman–Crippen MR) is 115 cm³/mol. The molecule has 2 fully saturated rings. The van der Waals surface area contributed by atoms with Crippen molar-refractivity contribution < 1.29 is 19.4 Å². The lowest BCUT2D eigenvalue weighted by Crippen LogP contribution is -2.38. The van der Waals surface area contributed by atoms with Crippen LogP contribution in [-0.4, -0.2) is 30.4 Å². The molecule has 0 aliphatic heterocycles. The molecule has 4 rings (SSSR count). The molecule has 0 unspecified atom stereocenters. The van der Waals surface area contributed by atoms with Gasteiger partial charge in [0.25, 0.3) is 0 Å². The summed E-state index contributed by atoms with van der Waals surface area (Å²) in [5.74, 6) is 0.0706. The van der Waals surface area contributed by atoms with Gasteiger partial charge in [0.05, 0.1) is 27.9 Å². The van der Waals surface area contributed by atoms with Crippen LogP contribution in [0.1, 0.15) is 53.1 Å². The lowest BCUT2D eigenvalue weighted by molar-refractivity contribution is -0.0378. The Morgan fingerprint density at radius 2 is 2.03 bits per heavy atom. The maximum Gasteiger partial charge on any atom is 0.335 e. The number of nitrogens with zero attached hydrogens (tertiary/aromatic N) is 1. The first-order valence-corrected chi connectivity index (χ1v) is 10.9. The van der Waals surface area contributed by atoms with E-state index in [0.29, 0.717) is 27.9 Å². The maximum atomic E-state index is 11.4. The number of hydrogen-bond acceptors (Lipinski definition) is 6. The Hall–Kier alpha value is -2.40. The number of carbonyl (C=O) groups is 1. The number of halogens is 1. The van der Waals surface area contributed by atoms with Crippen molar-refractivity contribution in [2.24, 2.45) is 0 Å². The van der Waals surface area contributed by atoms with E-state index in [-0.39, 0.29) is 17.8 Å². The van der Waals surface area contributed by atoms with Crippen molar-refractivity contribution in [3.05, 3.63) is 52.0 Å². The minimum Gasteiger partial charge on any atom is -0.488 e. The van der Waals surface area contributed by atoms with Crippen molar-refractivity contribution in [2.75, 3.05) is 11.8 Å². The zero-order valence-corrected chi connectivity index (χ0v) is 17.9. The molecule has 0 atom stereocenters. The SMILES string of the molecule is CO[C@H]1C[C@H](Oc2cc(Cl)c(C#N)cc2NSc2cc(C(=O)O)ccc2C2CC2)C1. The van der Waals surface area contributed by atoms with E-state index in [9.17, 15) is 15.2 Å². The fourth-order valence-electron chi connectivity index (χ4n) is 3.40. The third-order valence-electron chi connectivity index (χ3n) is 5.42. The van der Waals surface area contributed by atoms with Crippen LogP contribution < -0.4 is 9.46 Å². The average molecular weight is 445 g/mol. The van der Waals surface area contributed by atoms with Gasteiger partial charge in [-0.2, -0.15) is 5.26 Å². The highest BCUT2D eigenvalue weighted by molar-refractivity contribution is 8.00. The number of methoxy groups -OCH3 is 1. The van der Waals surface area contributed by atoms with Crippen LogP contribution in [0.3, 0.4) is 0 Å². The normalized spacial score (nSPS) is 20.2. The first-order chi connectivity index (χ1) is 14.5. The third kappa shape index (κ3) is 4.51. The van der Waals surface area contributed by atoms with Gasteiger partial charge in [-0.1, -0.05) is 17.7 Å². The molecular weight excluding hydrogens is 424 g/mol. The fourth-order valence-corrected chi connectivity index (χ4v) is 4.51. The summed E-state index contributed by atoms with van der Waals surface area (Å²) in [6, 6.07) is 10.6. The molecule has 6 nitrogen and oxygen atoms in total. The fraction of sp³-hybridized carbons (Fsp3) is 0.364. The first kappa shape index (κ1) is 20.9. The molecular formula is C22H21ClN2O4S. The quantitative estimate of drug-likeness (QED) is 0.522. The van der Waals surface area contributed by atoms with Gasteiger partial charge in [-0.25, -0.2) is 4.79 Å². The molecule has 0 spiro atoms. The van der Waals surface area contributed by atoms with Crippen LogP contribution in [0.25, 0.3) is 0 Å². The summed E-state index contributed by atoms with van der Waals surface area (Å²) in [4.78, 5) is 12.3. The van der Waals surface area contributed by atoms with Crippen LogP contribution in [0, 0.1) is 11.3 Å². The zero-order chi connectivity index (χ0) is 21.3. The van der Waals surface area contributed by atoms with Gasteiger partial charge in [0.1, 0.15) is 17.9 Å². The summed E-state index contributed by atoms with van der Waals surface area (Å²) in [6.45, 7) is 0. The molecule has 30 heavy (non-hydrogen) atoms. The second kappa shape index (κ2) is 8.76. The van der Waals surface area contributed by atoms with E-state index in [2.05, 4.69) is 10.8 Å². The summed E-state index contributed by atoms with van der Waals surface area (Å²) in [5.41, 5.74) is 2.35. The van der Waals surface area contributed by atoms with Crippen molar-refractivity contribution >= 4 is 35.2 Å². The van der Waals surface area contributed by atoms with E-state index in [1.165, 1.54) is 11.9 Å². The highest BCUT2D eigenvalue weighted by atomic mass is 35.5. The van der Waals surface area contributed by atoms with Gasteiger partial charge in [-0.3, -0.25) is 0 Å². The second-order valence-electron chi connectivity index (χ2n) is 7.55. The molecule has 8 heteroatoms. The van der Waals surface area contributed by atoms with Gasteiger partial charge in [0.2, 0.25) is 0 Å². The third-order valence-corrected chi connectivity index (χ3v) is 6.63. The van der Waals surface area contributed by atoms with Gasteiger partial charge in [-0.15, -0.1) is 0 Å². The molecule has 0 heterocycles. The largest absolute Gasteiger partial charge is 0.488 e. The van der Waals surface area contributed by atoms with E-state index < -0.39 is 5.97 Å². The summed E-state index contributed by atoms with van der Waals surface area (Å²) in [5, 5.41) is 19.0. The lowest BCUT2D eigenvalue weighted by Gasteiger charge is -2.34. The Morgan fingerprint density at radius 3 is 2.67 bits per heavy atom. The topological polar surface area (TPSA) is 91.6 Å². The Bertz CT molecular complexity index is 1010. The molecule has 0 radical (unpaired) electrons. The Kier molecular flexibility index (Phi) is 6.09. The smallest absolute Gasteiger partial charge is 0.335 e. The molecule has 2 aliphatic carbocycles. The lowest BCUT2D eigenvalue weighted by atomic mass is 9.92. The highest BCUT2D eigenvalue weighted by Crippen LogP contribution is 2.45. The summed E-state index contributed by atoms with van der Waals surface area (Å²) >= 11 is 7.55. The molecule has 2 aromatic rings. The number of carboxylic acids is 1. The number of anilines is 1. The number of nitrogens with one attached hydrogen (secondary N) is 1. The van der Waals surface area contributed by atoms with Gasteiger partial charge in [0, 0.05) is 30.9 Å². The number of rotatable bonds is 8. The van der Waals surface area contributed by atoms with Crippen LogP contribution in [0.2, 0.25) is 5.02 Å². The molecule has 2 saturated carbocycles. The molecule has 156 valence electrons. The minimum absolute atomic E-state index is 0.0295. The van der Waals surface area contributed by atoms with Gasteiger partial charge < -0.3 is 19.3 Å². The van der Waals surface area contributed by atoms with E-state index in [0.717, 1.165) is 36.1 Å². The monoisotopic (exact) mass is 444 g/mol. The van der Waals surface area contributed by atoms with Gasteiger partial charge in [0.15, 0.2) is 0 Å². The van der Waals surface area contributed by atoms with E-state index in [4.69, 9.17) is 21.1 Å². The Balaban J connectivity index is 1.57. The summed E-state index contributed by atoms with van der Waals surface area (Å²) < 4.78 is 14.7. The number of hydrogen-bond donors (Lipinski definition) is 2. The van der Waals surface area contributed by atoms with Crippen molar-refractivity contribution in [3.63, 3.8) is 0 Å². The molecule has 0 saturated heterocycles. The Labute approximate surface area is 184 Å². The number of aromatic carboxylic acids is 1. The average Bonchev–Trinajstić information content (AvgIpc) is 3.54. The summed E-state index contributed by atoms with van der Waals surface area (Å²) in [7, 11) is 1.69. The maximum absolute atomic E-state index is 11.4. The predicted octanol–water partition coefficient (Wildman–Crippen LogP) is 5.46. The van der Waals surface area contributed by atoms with Gasteiger partial charge >= 0.3 is 5.97 Å². The van der Waals surface area contributed by atoms with E-state index >= 15 is 0 Å². The zero-order valence-electron chi connectivity index (χ0n) is 16.4. The molecule has 2 N–H and O–H groups in total. The number of ether oxygens (including phenoxy) is 2. The van der Waals surface area contributed by atoms with Gasteiger partial charge in [-0.05, 0) is 54.5 Å². The summed E-state index contributed by atoms with van der Waals surface area (Å²) in [6.07, 6.45) is 4.05. The minimum atomic E-state index is -0.959. The molecule has 0 bridgehead atoms. The van der Waals surface area contributed by atoms with Crippen LogP contribution in [0.5, 0.6) is 5.75 Å². The molecule has 0 amide bonds. The first-order valence-electron chi connectivity index (χ1n) is 9.71. The van der Waals surface area contributed by atoms with Crippen LogP contribution >= 0.6 is 23.5 Å². The van der Waals surface area contributed by atoms with Crippen molar-refractivity contribution in [3.8, 4) is 11.8 Å². The highest BCUT2D eigenvalue weighted by Gasteiger charge is 2.32. The van der Waals surface area contributed by atoms with Crippen LogP contribution in [0.4, 0.5) is 5.69 Å². The number of nitriles is 1. The molecule has 2 aromatic carbocycles.